The Morgan fingerprint density at radius 3 is 2.76 bits per heavy atom. The van der Waals surface area contributed by atoms with Gasteiger partial charge in [-0.05, 0) is 60.0 Å². The fourth-order valence-corrected chi connectivity index (χ4v) is 4.61. The Bertz CT molecular complexity index is 900. The van der Waals surface area contributed by atoms with Gasteiger partial charge in [-0.15, -0.1) is 0 Å². The molecule has 0 aliphatic heterocycles. The lowest BCUT2D eigenvalue weighted by atomic mass is 10.1. The van der Waals surface area contributed by atoms with Crippen LogP contribution in [0.25, 0.3) is 11.0 Å². The van der Waals surface area contributed by atoms with E-state index < -0.39 is 10.0 Å². The summed E-state index contributed by atoms with van der Waals surface area (Å²) in [6.45, 7) is 1.99. The third kappa shape index (κ3) is 2.62. The van der Waals surface area contributed by atoms with Gasteiger partial charge in [-0.3, -0.25) is 0 Å². The molecule has 5 nitrogen and oxygen atoms in total. The molecule has 0 fully saturated rings. The predicted octanol–water partition coefficient (Wildman–Crippen LogP) is 3.49. The van der Waals surface area contributed by atoms with E-state index in [1.807, 2.05) is 13.0 Å². The van der Waals surface area contributed by atoms with Crippen LogP contribution in [0.5, 0.6) is 0 Å². The summed E-state index contributed by atoms with van der Waals surface area (Å²) in [6.07, 6.45) is 7.84. The van der Waals surface area contributed by atoms with Crippen molar-refractivity contribution in [1.82, 2.24) is 13.9 Å². The highest BCUT2D eigenvalue weighted by Gasteiger charge is 2.25. The van der Waals surface area contributed by atoms with Crippen LogP contribution in [0, 0.1) is 3.57 Å². The van der Waals surface area contributed by atoms with Crippen LogP contribution in [0.2, 0.25) is 5.28 Å². The molecule has 2 aromatic heterocycles. The lowest BCUT2D eigenvalue weighted by Crippen LogP contribution is -2.16. The largest absolute Gasteiger partial charge is 0.265 e. The molecule has 0 radical (unpaired) electrons. The molecule has 0 bridgehead atoms. The maximum Gasteiger partial charge on any atom is 0.265 e. The Balaban J connectivity index is 2.22. The summed E-state index contributed by atoms with van der Waals surface area (Å²) in [4.78, 5) is 8.35. The molecule has 0 saturated heterocycles. The molecule has 0 aromatic carbocycles. The number of fused-ring (bicyclic) bond motifs is 1. The summed E-state index contributed by atoms with van der Waals surface area (Å²) in [6, 6.07) is 0. The summed E-state index contributed by atoms with van der Waals surface area (Å²) in [5.41, 5.74) is 1.48. The second-order valence-corrected chi connectivity index (χ2v) is 8.17. The molecule has 1 aliphatic carbocycles. The first-order valence-corrected chi connectivity index (χ1v) is 9.10. The third-order valence-corrected chi connectivity index (χ3v) is 6.19. The lowest BCUT2D eigenvalue weighted by molar-refractivity contribution is 0.592. The van der Waals surface area contributed by atoms with E-state index in [4.69, 9.17) is 11.6 Å². The number of hydrogen-bond donors (Lipinski definition) is 0. The van der Waals surface area contributed by atoms with Gasteiger partial charge in [0.15, 0.2) is 5.65 Å². The molecule has 110 valence electrons. The zero-order chi connectivity index (χ0) is 15.2. The quantitative estimate of drug-likeness (QED) is 0.535. The first-order chi connectivity index (χ1) is 9.89. The molecular weight excluding hydrogens is 425 g/mol. The summed E-state index contributed by atoms with van der Waals surface area (Å²) in [7, 11) is -3.63. The van der Waals surface area contributed by atoms with E-state index in [-0.39, 0.29) is 5.28 Å². The number of rotatable bonds is 2. The molecule has 0 amide bonds. The van der Waals surface area contributed by atoms with Crippen LogP contribution in [0.15, 0.2) is 35.0 Å². The Kier molecular flexibility index (Phi) is 3.83. The van der Waals surface area contributed by atoms with Crippen molar-refractivity contribution in [1.29, 1.82) is 0 Å². The molecule has 3 rings (SSSR count). The van der Waals surface area contributed by atoms with E-state index in [0.717, 1.165) is 9.99 Å². The molecule has 21 heavy (non-hydrogen) atoms. The average Bonchev–Trinajstić information content (AvgIpc) is 2.76. The molecule has 2 aromatic rings. The first-order valence-electron chi connectivity index (χ1n) is 6.20. The summed E-state index contributed by atoms with van der Waals surface area (Å²) >= 11 is 7.86. The Morgan fingerprint density at radius 2 is 2.10 bits per heavy atom. The summed E-state index contributed by atoms with van der Waals surface area (Å²) < 4.78 is 27.5. The smallest absolute Gasteiger partial charge is 0.226 e. The van der Waals surface area contributed by atoms with Gasteiger partial charge in [0.2, 0.25) is 5.28 Å². The van der Waals surface area contributed by atoms with Gasteiger partial charge >= 0.3 is 0 Å². The van der Waals surface area contributed by atoms with Crippen molar-refractivity contribution in [3.05, 3.63) is 43.9 Å². The van der Waals surface area contributed by atoms with Gasteiger partial charge in [0.05, 0.1) is 10.3 Å². The van der Waals surface area contributed by atoms with Crippen LogP contribution in [-0.4, -0.2) is 22.4 Å². The van der Waals surface area contributed by atoms with Crippen LogP contribution >= 0.6 is 34.2 Å². The van der Waals surface area contributed by atoms with Crippen molar-refractivity contribution in [3.8, 4) is 0 Å². The van der Waals surface area contributed by atoms with Crippen molar-refractivity contribution in [3.63, 3.8) is 0 Å². The Hall–Kier alpha value is -0.930. The van der Waals surface area contributed by atoms with Crippen LogP contribution in [0.4, 0.5) is 0 Å². The third-order valence-electron chi connectivity index (χ3n) is 3.35. The molecule has 8 heteroatoms. The normalized spacial score (nSPS) is 16.0. The maximum absolute atomic E-state index is 12.8. The van der Waals surface area contributed by atoms with Gasteiger partial charge in [-0.25, -0.2) is 17.4 Å². The van der Waals surface area contributed by atoms with Gasteiger partial charge < -0.3 is 0 Å². The van der Waals surface area contributed by atoms with Crippen LogP contribution in [0.3, 0.4) is 0 Å². The van der Waals surface area contributed by atoms with Gasteiger partial charge in [0.25, 0.3) is 10.0 Å². The van der Waals surface area contributed by atoms with Crippen LogP contribution < -0.4 is 0 Å². The number of halogens is 2. The molecule has 1 aliphatic rings. The molecule has 0 unspecified atom stereocenters. The molecule has 0 N–H and O–H groups in total. The highest BCUT2D eigenvalue weighted by atomic mass is 127. The van der Waals surface area contributed by atoms with Crippen molar-refractivity contribution in [2.75, 3.05) is 0 Å². The molecule has 0 spiro atoms. The van der Waals surface area contributed by atoms with Gasteiger partial charge in [0, 0.05) is 16.0 Å². The minimum Gasteiger partial charge on any atom is -0.226 e. The Labute approximate surface area is 140 Å². The van der Waals surface area contributed by atoms with E-state index in [2.05, 4.69) is 32.6 Å². The van der Waals surface area contributed by atoms with Crippen molar-refractivity contribution < 1.29 is 8.42 Å². The predicted molar refractivity (Wildman–Crippen MR) is 90.6 cm³/mol. The summed E-state index contributed by atoms with van der Waals surface area (Å²) in [5.74, 6) is 0. The van der Waals surface area contributed by atoms with Crippen LogP contribution in [0.1, 0.15) is 19.8 Å². The Morgan fingerprint density at radius 1 is 1.33 bits per heavy atom. The molecule has 2 heterocycles. The van der Waals surface area contributed by atoms with E-state index in [1.54, 1.807) is 12.3 Å². The minimum atomic E-state index is -3.63. The van der Waals surface area contributed by atoms with Crippen molar-refractivity contribution >= 4 is 55.2 Å². The molecule has 0 saturated carbocycles. The average molecular weight is 436 g/mol. The number of nitrogens with zero attached hydrogens (tertiary/aromatic N) is 3. The highest BCUT2D eigenvalue weighted by Crippen LogP contribution is 2.29. The fourth-order valence-electron chi connectivity index (χ4n) is 2.17. The zero-order valence-corrected chi connectivity index (χ0v) is 14.8. The standard InChI is InChI=1S/C13H11ClIN3O2S/c1-8-2-4-9(5-3-8)21(19,20)18-7-11(15)10-6-16-13(14)17-12(10)18/h2,4,6-7H,3,5H2,1H3. The molecule has 0 atom stereocenters. The van der Waals surface area contributed by atoms with Crippen LogP contribution in [-0.2, 0) is 10.0 Å². The summed E-state index contributed by atoms with van der Waals surface area (Å²) in [5, 5.41) is 0.702. The van der Waals surface area contributed by atoms with E-state index >= 15 is 0 Å². The van der Waals surface area contributed by atoms with Gasteiger partial charge in [-0.1, -0.05) is 11.6 Å². The number of allylic oxidation sites excluding steroid dienone is 4. The highest BCUT2D eigenvalue weighted by molar-refractivity contribution is 14.1. The number of aromatic nitrogens is 3. The SMILES string of the molecule is CC1=CC=C(S(=O)(=O)n2cc(I)c3cnc(Cl)nc32)CC1. The first kappa shape index (κ1) is 15.0. The minimum absolute atomic E-state index is 0.0295. The maximum atomic E-state index is 12.8. The van der Waals surface area contributed by atoms with Gasteiger partial charge in [0.1, 0.15) is 0 Å². The lowest BCUT2D eigenvalue weighted by Gasteiger charge is -2.13. The molecular formula is C13H11ClIN3O2S. The monoisotopic (exact) mass is 435 g/mol. The van der Waals surface area contributed by atoms with E-state index in [0.29, 0.717) is 22.4 Å². The topological polar surface area (TPSA) is 64.8 Å². The van der Waals surface area contributed by atoms with Crippen molar-refractivity contribution in [2.24, 2.45) is 0 Å². The van der Waals surface area contributed by atoms with E-state index in [1.165, 1.54) is 15.7 Å². The van der Waals surface area contributed by atoms with E-state index in [9.17, 15) is 8.42 Å². The fraction of sp³-hybridized carbons (Fsp3) is 0.231. The zero-order valence-electron chi connectivity index (χ0n) is 11.0. The van der Waals surface area contributed by atoms with Crippen molar-refractivity contribution in [2.45, 2.75) is 19.8 Å². The second kappa shape index (κ2) is 5.36. The van der Waals surface area contributed by atoms with Gasteiger partial charge in [-0.2, -0.15) is 4.98 Å². The second-order valence-electron chi connectivity index (χ2n) is 4.80. The number of hydrogen-bond acceptors (Lipinski definition) is 4.